The van der Waals surface area contributed by atoms with Gasteiger partial charge in [0.25, 0.3) is 10.0 Å². The molecule has 0 bridgehead atoms. The predicted octanol–water partition coefficient (Wildman–Crippen LogP) is 4.15. The van der Waals surface area contributed by atoms with Gasteiger partial charge in [0.05, 0.1) is 16.8 Å². The molecule has 9 nitrogen and oxygen atoms in total. The molecule has 0 aliphatic rings. The first-order valence-electron chi connectivity index (χ1n) is 10.1. The van der Waals surface area contributed by atoms with Crippen molar-refractivity contribution >= 4 is 33.5 Å². The molecule has 34 heavy (non-hydrogen) atoms. The quantitative estimate of drug-likeness (QED) is 0.462. The van der Waals surface area contributed by atoms with Crippen molar-refractivity contribution in [1.82, 2.24) is 4.98 Å². The number of nitrogens with zero attached hydrogens (tertiary/aromatic N) is 2. The Morgan fingerprint density at radius 2 is 1.76 bits per heavy atom. The van der Waals surface area contributed by atoms with Crippen LogP contribution in [-0.4, -0.2) is 54.8 Å². The van der Waals surface area contributed by atoms with Gasteiger partial charge in [0.15, 0.2) is 0 Å². The maximum atomic E-state index is 12.6. The van der Waals surface area contributed by atoms with Crippen LogP contribution in [0.3, 0.4) is 0 Å². The van der Waals surface area contributed by atoms with Gasteiger partial charge < -0.3 is 15.1 Å². The monoisotopic (exact) mass is 505 g/mol. The van der Waals surface area contributed by atoms with Gasteiger partial charge >= 0.3 is 18.1 Å². The van der Waals surface area contributed by atoms with E-state index in [2.05, 4.69) is 16.6 Å². The molecule has 1 heterocycles. The SMILES string of the molecule is CCCCN(CC)c1ncc(NS(=O)(=O)c2cccc(C)c2)cc1C(=O)O.O=C(O)C(F)(F)F. The molecule has 0 radical (unpaired) electrons. The number of sulfonamides is 1. The molecule has 0 atom stereocenters. The van der Waals surface area contributed by atoms with Crippen molar-refractivity contribution < 1.29 is 41.4 Å². The Morgan fingerprint density at radius 3 is 2.24 bits per heavy atom. The number of halogens is 3. The van der Waals surface area contributed by atoms with Crippen LogP contribution in [-0.2, 0) is 14.8 Å². The summed E-state index contributed by atoms with van der Waals surface area (Å²) in [5.74, 6) is -3.56. The maximum Gasteiger partial charge on any atom is 0.490 e. The van der Waals surface area contributed by atoms with Gasteiger partial charge in [-0.2, -0.15) is 13.2 Å². The molecule has 0 amide bonds. The topological polar surface area (TPSA) is 137 Å². The molecule has 0 unspecified atom stereocenters. The number of aromatic nitrogens is 1. The third kappa shape index (κ3) is 8.54. The van der Waals surface area contributed by atoms with Crippen molar-refractivity contribution in [3.8, 4) is 0 Å². The van der Waals surface area contributed by atoms with E-state index in [-0.39, 0.29) is 16.1 Å². The molecule has 188 valence electrons. The zero-order valence-electron chi connectivity index (χ0n) is 18.8. The van der Waals surface area contributed by atoms with Gasteiger partial charge in [-0.15, -0.1) is 0 Å². The number of nitrogens with one attached hydrogen (secondary N) is 1. The van der Waals surface area contributed by atoms with Gasteiger partial charge in [-0.05, 0) is 44.0 Å². The minimum absolute atomic E-state index is 0.0302. The number of aromatic carboxylic acids is 1. The molecule has 2 rings (SSSR count). The second-order valence-electron chi connectivity index (χ2n) is 7.06. The molecular weight excluding hydrogens is 479 g/mol. The van der Waals surface area contributed by atoms with E-state index < -0.39 is 28.1 Å². The van der Waals surface area contributed by atoms with E-state index in [9.17, 15) is 31.5 Å². The fraction of sp³-hybridized carbons (Fsp3) is 0.381. The number of rotatable bonds is 9. The zero-order chi connectivity index (χ0) is 26.1. The number of carboxylic acids is 2. The van der Waals surface area contributed by atoms with Crippen LogP contribution in [0.25, 0.3) is 0 Å². The molecule has 0 spiro atoms. The Morgan fingerprint density at radius 1 is 1.15 bits per heavy atom. The fourth-order valence-corrected chi connectivity index (χ4v) is 3.82. The van der Waals surface area contributed by atoms with Crippen LogP contribution >= 0.6 is 0 Å². The van der Waals surface area contributed by atoms with E-state index in [1.54, 1.807) is 25.1 Å². The summed E-state index contributed by atoms with van der Waals surface area (Å²) in [5, 5.41) is 16.7. The van der Waals surface area contributed by atoms with Crippen molar-refractivity contribution in [3.63, 3.8) is 0 Å². The van der Waals surface area contributed by atoms with E-state index in [1.807, 2.05) is 11.8 Å². The fourth-order valence-electron chi connectivity index (χ4n) is 2.68. The van der Waals surface area contributed by atoms with Crippen molar-refractivity contribution in [3.05, 3.63) is 47.7 Å². The largest absolute Gasteiger partial charge is 0.490 e. The van der Waals surface area contributed by atoms with Crippen LogP contribution in [0.5, 0.6) is 0 Å². The summed E-state index contributed by atoms with van der Waals surface area (Å²) in [6, 6.07) is 7.80. The van der Waals surface area contributed by atoms with Crippen LogP contribution in [0.1, 0.15) is 42.6 Å². The molecule has 0 aliphatic heterocycles. The predicted molar refractivity (Wildman–Crippen MR) is 120 cm³/mol. The highest BCUT2D eigenvalue weighted by molar-refractivity contribution is 7.92. The van der Waals surface area contributed by atoms with Crippen molar-refractivity contribution in [2.45, 2.75) is 44.7 Å². The second-order valence-corrected chi connectivity index (χ2v) is 8.74. The number of unbranched alkanes of at least 4 members (excludes halogenated alkanes) is 1. The van der Waals surface area contributed by atoms with Crippen LogP contribution in [0, 0.1) is 6.92 Å². The summed E-state index contributed by atoms with van der Waals surface area (Å²) in [6.45, 7) is 7.09. The number of anilines is 2. The Balaban J connectivity index is 0.000000718. The molecule has 1 aromatic carbocycles. The second kappa shape index (κ2) is 12.2. The molecular formula is C21H26F3N3O6S. The van der Waals surface area contributed by atoms with E-state index in [0.717, 1.165) is 18.4 Å². The van der Waals surface area contributed by atoms with Crippen LogP contribution < -0.4 is 9.62 Å². The van der Waals surface area contributed by atoms with Crippen molar-refractivity contribution in [1.29, 1.82) is 0 Å². The molecule has 0 aliphatic carbocycles. The standard InChI is InChI=1S/C19H25N3O4S.C2HF3O2/c1-4-6-10-22(5-2)18-17(19(23)24)12-15(13-20-18)21-27(25,26)16-9-7-8-14(3)11-16;3-2(4,5)1(6)7/h7-9,11-13,21H,4-6,10H2,1-3H3,(H,23,24);(H,6,7). The number of benzene rings is 1. The number of aliphatic carboxylic acids is 1. The first-order valence-corrected chi connectivity index (χ1v) is 11.6. The number of carbonyl (C=O) groups is 2. The van der Waals surface area contributed by atoms with Gasteiger partial charge in [0.2, 0.25) is 0 Å². The van der Waals surface area contributed by atoms with Crippen molar-refractivity contribution in [2.24, 2.45) is 0 Å². The number of carboxylic acid groups (broad SMARTS) is 2. The normalized spacial score (nSPS) is 11.2. The van der Waals surface area contributed by atoms with E-state index >= 15 is 0 Å². The molecule has 0 saturated carbocycles. The molecule has 1 aromatic heterocycles. The lowest BCUT2D eigenvalue weighted by Gasteiger charge is -2.23. The average Bonchev–Trinajstić information content (AvgIpc) is 2.74. The summed E-state index contributed by atoms with van der Waals surface area (Å²) in [6.07, 6.45) is -1.84. The summed E-state index contributed by atoms with van der Waals surface area (Å²) in [5.41, 5.74) is 0.897. The summed E-state index contributed by atoms with van der Waals surface area (Å²) in [7, 11) is -3.83. The lowest BCUT2D eigenvalue weighted by molar-refractivity contribution is -0.192. The Hall–Kier alpha value is -3.35. The van der Waals surface area contributed by atoms with E-state index in [4.69, 9.17) is 9.90 Å². The molecule has 13 heteroatoms. The summed E-state index contributed by atoms with van der Waals surface area (Å²) in [4.78, 5) is 26.8. The first-order chi connectivity index (χ1) is 15.7. The minimum atomic E-state index is -5.08. The van der Waals surface area contributed by atoms with E-state index in [0.29, 0.717) is 18.9 Å². The van der Waals surface area contributed by atoms with Gasteiger partial charge in [0, 0.05) is 13.1 Å². The molecule has 3 N–H and O–H groups in total. The highest BCUT2D eigenvalue weighted by atomic mass is 32.2. The Bertz CT molecular complexity index is 1110. The third-order valence-electron chi connectivity index (χ3n) is 4.35. The van der Waals surface area contributed by atoms with Gasteiger partial charge in [-0.3, -0.25) is 4.72 Å². The van der Waals surface area contributed by atoms with Crippen LogP contribution in [0.4, 0.5) is 24.7 Å². The van der Waals surface area contributed by atoms with Crippen molar-refractivity contribution in [2.75, 3.05) is 22.7 Å². The Kier molecular flexibility index (Phi) is 10.3. The first kappa shape index (κ1) is 28.7. The summed E-state index contributed by atoms with van der Waals surface area (Å²) < 4.78 is 59.3. The van der Waals surface area contributed by atoms with E-state index in [1.165, 1.54) is 18.3 Å². The lowest BCUT2D eigenvalue weighted by atomic mass is 10.2. The molecule has 0 fully saturated rings. The average molecular weight is 506 g/mol. The number of hydrogen-bond acceptors (Lipinski definition) is 6. The smallest absolute Gasteiger partial charge is 0.478 e. The van der Waals surface area contributed by atoms with Gasteiger partial charge in [-0.25, -0.2) is 23.0 Å². The lowest BCUT2D eigenvalue weighted by Crippen LogP contribution is -2.27. The molecule has 0 saturated heterocycles. The minimum Gasteiger partial charge on any atom is -0.478 e. The highest BCUT2D eigenvalue weighted by Crippen LogP contribution is 2.24. The number of pyridine rings is 1. The summed E-state index contributed by atoms with van der Waals surface area (Å²) >= 11 is 0. The highest BCUT2D eigenvalue weighted by Gasteiger charge is 2.38. The van der Waals surface area contributed by atoms with Gasteiger partial charge in [0.1, 0.15) is 11.4 Å². The zero-order valence-corrected chi connectivity index (χ0v) is 19.6. The third-order valence-corrected chi connectivity index (χ3v) is 5.73. The van der Waals surface area contributed by atoms with Crippen LogP contribution in [0.2, 0.25) is 0 Å². The number of hydrogen-bond donors (Lipinski definition) is 3. The molecule has 2 aromatic rings. The maximum absolute atomic E-state index is 12.6. The van der Waals surface area contributed by atoms with Gasteiger partial charge in [-0.1, -0.05) is 25.5 Å². The number of alkyl halides is 3. The van der Waals surface area contributed by atoms with Crippen LogP contribution in [0.15, 0.2) is 41.4 Å². The Labute approximate surface area is 195 Å². The number of aryl methyl sites for hydroxylation is 1.